The van der Waals surface area contributed by atoms with Gasteiger partial charge in [-0.3, -0.25) is 24.0 Å². The van der Waals surface area contributed by atoms with Gasteiger partial charge in [-0.15, -0.1) is 5.10 Å². The van der Waals surface area contributed by atoms with Gasteiger partial charge >= 0.3 is 11.7 Å². The number of benzene rings is 1. The first-order chi connectivity index (χ1) is 13.8. The van der Waals surface area contributed by atoms with E-state index in [4.69, 9.17) is 9.15 Å². The van der Waals surface area contributed by atoms with Crippen molar-refractivity contribution in [3.63, 3.8) is 0 Å². The van der Waals surface area contributed by atoms with E-state index in [1.165, 1.54) is 27.3 Å². The molecule has 12 nitrogen and oxygen atoms in total. The van der Waals surface area contributed by atoms with Gasteiger partial charge in [-0.1, -0.05) is 5.21 Å². The fourth-order valence-corrected chi connectivity index (χ4v) is 2.84. The number of anilines is 1. The van der Waals surface area contributed by atoms with Crippen molar-refractivity contribution in [2.45, 2.75) is 6.54 Å². The molecule has 4 aromatic rings. The van der Waals surface area contributed by atoms with Crippen molar-refractivity contribution in [3.05, 3.63) is 38.8 Å². The molecule has 0 atom stereocenters. The number of aryl methyl sites for hydroxylation is 1. The number of halogens is 1. The Balaban J connectivity index is 1.63. The van der Waals surface area contributed by atoms with Crippen LogP contribution in [-0.4, -0.2) is 42.1 Å². The number of hydrogen-bond acceptors (Lipinski definition) is 8. The lowest BCUT2D eigenvalue weighted by molar-refractivity contribution is -0.117. The molecule has 0 unspecified atom stereocenters. The number of fused-ring (bicyclic) bond motifs is 2. The summed E-state index contributed by atoms with van der Waals surface area (Å²) < 4.78 is 27.0. The van der Waals surface area contributed by atoms with Crippen LogP contribution in [0, 0.1) is 5.82 Å². The van der Waals surface area contributed by atoms with Crippen molar-refractivity contribution in [2.24, 2.45) is 14.1 Å². The first-order valence-corrected chi connectivity index (χ1v) is 8.23. The highest BCUT2D eigenvalue weighted by atomic mass is 19.1. The second-order valence-corrected chi connectivity index (χ2v) is 6.15. The molecule has 4 rings (SSSR count). The number of hydrogen-bond donors (Lipinski definition) is 1. The van der Waals surface area contributed by atoms with Gasteiger partial charge in [-0.05, 0) is 0 Å². The molecule has 0 aliphatic heterocycles. The van der Waals surface area contributed by atoms with E-state index in [9.17, 15) is 18.8 Å². The van der Waals surface area contributed by atoms with E-state index >= 15 is 0 Å². The van der Waals surface area contributed by atoms with E-state index in [0.717, 1.165) is 19.9 Å². The van der Waals surface area contributed by atoms with Gasteiger partial charge in [0.2, 0.25) is 5.91 Å². The maximum Gasteiger partial charge on any atom is 0.332 e. The minimum atomic E-state index is -0.635. The lowest BCUT2D eigenvalue weighted by Crippen LogP contribution is -2.38. The molecule has 0 saturated carbocycles. The number of nitrogens with zero attached hydrogens (tertiary/aromatic N) is 6. The van der Waals surface area contributed by atoms with Crippen molar-refractivity contribution in [1.29, 1.82) is 0 Å². The molecule has 3 aromatic heterocycles. The zero-order valence-corrected chi connectivity index (χ0v) is 15.5. The van der Waals surface area contributed by atoms with E-state index in [2.05, 4.69) is 20.6 Å². The van der Waals surface area contributed by atoms with Gasteiger partial charge < -0.3 is 9.15 Å². The van der Waals surface area contributed by atoms with Crippen LogP contribution in [0.3, 0.4) is 0 Å². The largest absolute Gasteiger partial charge is 0.494 e. The van der Waals surface area contributed by atoms with Gasteiger partial charge in [-0.25, -0.2) is 13.9 Å². The topological polar surface area (TPSA) is 139 Å². The van der Waals surface area contributed by atoms with Crippen LogP contribution in [0.5, 0.6) is 5.75 Å². The van der Waals surface area contributed by atoms with E-state index in [1.807, 2.05) is 0 Å². The number of rotatable bonds is 4. The maximum absolute atomic E-state index is 13.7. The molecule has 29 heavy (non-hydrogen) atoms. The molecular weight excluding hydrogens is 389 g/mol. The highest BCUT2D eigenvalue weighted by molar-refractivity contribution is 5.90. The van der Waals surface area contributed by atoms with Crippen molar-refractivity contribution < 1.29 is 18.3 Å². The quantitative estimate of drug-likeness (QED) is 0.492. The highest BCUT2D eigenvalue weighted by Gasteiger charge is 2.19. The molecular formula is C16H14FN7O5. The van der Waals surface area contributed by atoms with E-state index in [1.54, 1.807) is 0 Å². The Labute approximate surface area is 160 Å². The number of ether oxygens (including phenoxy) is 1. The summed E-state index contributed by atoms with van der Waals surface area (Å²) in [5.74, 6) is -1.27. The predicted octanol–water partition coefficient (Wildman–Crippen LogP) is -0.244. The Bertz CT molecular complexity index is 1400. The minimum absolute atomic E-state index is 0.00544. The SMILES string of the molecule is COc1cc2nc(NC(=O)Cn3nnc4c3c(=O)n(C)c(=O)n4C)oc2cc1F. The van der Waals surface area contributed by atoms with Crippen LogP contribution in [0.4, 0.5) is 10.4 Å². The first-order valence-electron chi connectivity index (χ1n) is 8.23. The normalized spacial score (nSPS) is 11.3. The molecule has 0 bridgehead atoms. The fourth-order valence-electron chi connectivity index (χ4n) is 2.84. The Morgan fingerprint density at radius 2 is 2.03 bits per heavy atom. The Morgan fingerprint density at radius 1 is 1.28 bits per heavy atom. The maximum atomic E-state index is 13.7. The molecule has 1 N–H and O–H groups in total. The summed E-state index contributed by atoms with van der Waals surface area (Å²) >= 11 is 0. The molecule has 0 aliphatic carbocycles. The first kappa shape index (κ1) is 18.3. The summed E-state index contributed by atoms with van der Waals surface area (Å²) in [7, 11) is 4.07. The number of nitrogens with one attached hydrogen (secondary N) is 1. The smallest absolute Gasteiger partial charge is 0.332 e. The number of amides is 1. The van der Waals surface area contributed by atoms with Crippen molar-refractivity contribution >= 4 is 34.2 Å². The lowest BCUT2D eigenvalue weighted by Gasteiger charge is -2.04. The Hall–Kier alpha value is -4.03. The molecule has 0 spiro atoms. The van der Waals surface area contributed by atoms with Crippen LogP contribution in [0.2, 0.25) is 0 Å². The van der Waals surface area contributed by atoms with Gasteiger partial charge in [0.05, 0.1) is 7.11 Å². The monoisotopic (exact) mass is 403 g/mol. The Morgan fingerprint density at radius 3 is 2.76 bits per heavy atom. The molecule has 0 radical (unpaired) electrons. The van der Waals surface area contributed by atoms with Crippen molar-refractivity contribution in [2.75, 3.05) is 12.4 Å². The average molecular weight is 403 g/mol. The van der Waals surface area contributed by atoms with Gasteiger partial charge in [0.25, 0.3) is 5.56 Å². The third-order valence-corrected chi connectivity index (χ3v) is 4.32. The van der Waals surface area contributed by atoms with Crippen LogP contribution in [0.25, 0.3) is 22.3 Å². The third kappa shape index (κ3) is 2.92. The number of methoxy groups -OCH3 is 1. The number of carbonyl (C=O) groups is 1. The molecule has 13 heteroatoms. The van der Waals surface area contributed by atoms with Gasteiger partial charge in [0, 0.05) is 26.2 Å². The second kappa shape index (κ2) is 6.54. The van der Waals surface area contributed by atoms with Gasteiger partial charge in [0.15, 0.2) is 28.3 Å². The van der Waals surface area contributed by atoms with Crippen molar-refractivity contribution in [1.82, 2.24) is 29.1 Å². The average Bonchev–Trinajstić information content (AvgIpc) is 3.27. The molecule has 150 valence electrons. The van der Waals surface area contributed by atoms with Crippen LogP contribution in [0.15, 0.2) is 26.1 Å². The zero-order valence-electron chi connectivity index (χ0n) is 15.5. The summed E-state index contributed by atoms with van der Waals surface area (Å²) in [6.07, 6.45) is 0. The lowest BCUT2D eigenvalue weighted by atomic mass is 10.3. The predicted molar refractivity (Wildman–Crippen MR) is 97.2 cm³/mol. The standard InChI is InChI=1S/C16H14FN7O5/c1-22-13-12(14(26)23(2)16(22)27)24(21-20-13)6-11(25)19-15-18-8-5-9(28-3)7(17)4-10(8)29-15/h4-5H,6H2,1-3H3,(H,18,19,25). The highest BCUT2D eigenvalue weighted by Crippen LogP contribution is 2.26. The minimum Gasteiger partial charge on any atom is -0.494 e. The molecule has 0 fully saturated rings. The van der Waals surface area contributed by atoms with E-state index in [-0.39, 0.29) is 40.6 Å². The van der Waals surface area contributed by atoms with Crippen LogP contribution < -0.4 is 21.3 Å². The molecule has 3 heterocycles. The number of carbonyl (C=O) groups excluding carboxylic acids is 1. The molecule has 0 aliphatic rings. The van der Waals surface area contributed by atoms with Gasteiger partial charge in [-0.2, -0.15) is 4.98 Å². The fraction of sp³-hybridized carbons (Fsp3) is 0.250. The molecule has 1 aromatic carbocycles. The van der Waals surface area contributed by atoms with Gasteiger partial charge in [0.1, 0.15) is 12.1 Å². The summed E-state index contributed by atoms with van der Waals surface area (Å²) in [6, 6.07) is 2.26. The summed E-state index contributed by atoms with van der Waals surface area (Å²) in [6.45, 7) is -0.389. The van der Waals surface area contributed by atoms with E-state index in [0.29, 0.717) is 0 Å². The van der Waals surface area contributed by atoms with E-state index < -0.39 is 23.0 Å². The second-order valence-electron chi connectivity index (χ2n) is 6.15. The third-order valence-electron chi connectivity index (χ3n) is 4.32. The van der Waals surface area contributed by atoms with Crippen LogP contribution >= 0.6 is 0 Å². The summed E-state index contributed by atoms with van der Waals surface area (Å²) in [4.78, 5) is 40.7. The van der Waals surface area contributed by atoms with Crippen molar-refractivity contribution in [3.8, 4) is 5.75 Å². The Kier molecular flexibility index (Phi) is 4.14. The number of aromatic nitrogens is 6. The molecule has 1 amide bonds. The molecule has 0 saturated heterocycles. The summed E-state index contributed by atoms with van der Waals surface area (Å²) in [5, 5.41) is 9.97. The van der Waals surface area contributed by atoms with Crippen LogP contribution in [0.1, 0.15) is 0 Å². The van der Waals surface area contributed by atoms with Crippen LogP contribution in [-0.2, 0) is 25.4 Å². The zero-order chi connectivity index (χ0) is 20.9. The number of oxazole rings is 1. The summed E-state index contributed by atoms with van der Waals surface area (Å²) in [5.41, 5.74) is -0.745.